The Balaban J connectivity index is 2.06. The van der Waals surface area contributed by atoms with Crippen LogP contribution in [-0.4, -0.2) is 28.0 Å². The van der Waals surface area contributed by atoms with E-state index in [9.17, 15) is 14.7 Å². The van der Waals surface area contributed by atoms with Gasteiger partial charge in [-0.15, -0.1) is 0 Å². The normalized spacial score (nSPS) is 23.4. The Morgan fingerprint density at radius 1 is 1.26 bits per heavy atom. The highest BCUT2D eigenvalue weighted by atomic mass is 16.4. The Morgan fingerprint density at radius 2 is 2.05 bits per heavy atom. The monoisotopic (exact) mass is 262 g/mol. The van der Waals surface area contributed by atoms with Crippen LogP contribution in [0.2, 0.25) is 0 Å². The van der Waals surface area contributed by atoms with Gasteiger partial charge in [0.05, 0.1) is 11.5 Å². The molecule has 2 N–H and O–H groups in total. The first kappa shape index (κ1) is 13.5. The molecule has 0 bridgehead atoms. The summed E-state index contributed by atoms with van der Waals surface area (Å²) in [6.07, 6.45) is 7.35. The van der Waals surface area contributed by atoms with Gasteiger partial charge in [-0.3, -0.25) is 14.6 Å². The van der Waals surface area contributed by atoms with Crippen LogP contribution in [0.5, 0.6) is 0 Å². The van der Waals surface area contributed by atoms with Crippen molar-refractivity contribution in [1.29, 1.82) is 0 Å². The number of pyridine rings is 1. The van der Waals surface area contributed by atoms with E-state index in [2.05, 4.69) is 10.3 Å². The van der Waals surface area contributed by atoms with Crippen molar-refractivity contribution in [3.63, 3.8) is 0 Å². The van der Waals surface area contributed by atoms with Crippen LogP contribution < -0.4 is 5.32 Å². The average Bonchev–Trinajstić information content (AvgIpc) is 2.65. The lowest BCUT2D eigenvalue weighted by Gasteiger charge is -2.22. The lowest BCUT2D eigenvalue weighted by Crippen LogP contribution is -2.42. The summed E-state index contributed by atoms with van der Waals surface area (Å²) < 4.78 is 0. The maximum atomic E-state index is 12.0. The van der Waals surface area contributed by atoms with Crippen molar-refractivity contribution in [2.75, 3.05) is 0 Å². The molecule has 1 heterocycles. The van der Waals surface area contributed by atoms with Crippen molar-refractivity contribution in [3.05, 3.63) is 30.1 Å². The Hall–Kier alpha value is -1.91. The molecule has 1 aliphatic rings. The minimum Gasteiger partial charge on any atom is -0.481 e. The fraction of sp³-hybridized carbons (Fsp3) is 0.500. The van der Waals surface area contributed by atoms with Crippen LogP contribution in [0.25, 0.3) is 0 Å². The zero-order valence-corrected chi connectivity index (χ0v) is 10.7. The first-order valence-corrected chi connectivity index (χ1v) is 6.62. The van der Waals surface area contributed by atoms with Crippen LogP contribution >= 0.6 is 0 Å². The van der Waals surface area contributed by atoms with E-state index in [4.69, 9.17) is 0 Å². The zero-order chi connectivity index (χ0) is 13.7. The molecule has 2 rings (SSSR count). The van der Waals surface area contributed by atoms with Gasteiger partial charge in [0, 0.05) is 18.4 Å². The van der Waals surface area contributed by atoms with Crippen molar-refractivity contribution in [2.45, 2.75) is 38.1 Å². The van der Waals surface area contributed by atoms with Crippen LogP contribution in [0.15, 0.2) is 24.5 Å². The van der Waals surface area contributed by atoms with Gasteiger partial charge in [0.15, 0.2) is 0 Å². The molecule has 0 saturated heterocycles. The Labute approximate surface area is 112 Å². The lowest BCUT2D eigenvalue weighted by atomic mass is 9.94. The molecule has 5 heteroatoms. The third-order valence-electron chi connectivity index (χ3n) is 3.57. The molecule has 0 radical (unpaired) electrons. The van der Waals surface area contributed by atoms with Gasteiger partial charge in [-0.05, 0) is 25.0 Å². The largest absolute Gasteiger partial charge is 0.481 e. The van der Waals surface area contributed by atoms with Gasteiger partial charge in [0.1, 0.15) is 0 Å². The fourth-order valence-electron chi connectivity index (χ4n) is 2.52. The minimum absolute atomic E-state index is 0.244. The molecule has 1 aromatic rings. The minimum atomic E-state index is -0.821. The summed E-state index contributed by atoms with van der Waals surface area (Å²) in [5, 5.41) is 12.1. The third-order valence-corrected chi connectivity index (χ3v) is 3.57. The molecule has 19 heavy (non-hydrogen) atoms. The Bertz CT molecular complexity index is 447. The zero-order valence-electron chi connectivity index (χ0n) is 10.7. The van der Waals surface area contributed by atoms with Crippen molar-refractivity contribution in [1.82, 2.24) is 10.3 Å². The first-order valence-electron chi connectivity index (χ1n) is 6.62. The second kappa shape index (κ2) is 6.31. The third kappa shape index (κ3) is 3.53. The standard InChI is InChI=1S/C14H18N2O3/c17-13(10-5-4-8-15-9-10)16-12-7-3-1-2-6-11(12)14(18)19/h4-5,8-9,11-12H,1-3,6-7H2,(H,16,17)(H,18,19)/t11-,12+/m1/s1. The van der Waals surface area contributed by atoms with Crippen molar-refractivity contribution < 1.29 is 14.7 Å². The van der Waals surface area contributed by atoms with Gasteiger partial charge in [0.25, 0.3) is 5.91 Å². The van der Waals surface area contributed by atoms with Crippen LogP contribution in [0.3, 0.4) is 0 Å². The Kier molecular flexibility index (Phi) is 4.49. The van der Waals surface area contributed by atoms with E-state index >= 15 is 0 Å². The summed E-state index contributed by atoms with van der Waals surface area (Å²) in [7, 11) is 0. The van der Waals surface area contributed by atoms with E-state index < -0.39 is 11.9 Å². The molecule has 102 valence electrons. The summed E-state index contributed by atoms with van der Waals surface area (Å²) in [5.41, 5.74) is 0.468. The van der Waals surface area contributed by atoms with Crippen LogP contribution in [0, 0.1) is 5.92 Å². The molecular weight excluding hydrogens is 244 g/mol. The summed E-state index contributed by atoms with van der Waals surface area (Å²) >= 11 is 0. The van der Waals surface area contributed by atoms with Gasteiger partial charge < -0.3 is 10.4 Å². The maximum absolute atomic E-state index is 12.0. The van der Waals surface area contributed by atoms with E-state index in [0.717, 1.165) is 25.7 Å². The summed E-state index contributed by atoms with van der Waals surface area (Å²) in [6, 6.07) is 3.08. The van der Waals surface area contributed by atoms with Gasteiger partial charge >= 0.3 is 5.97 Å². The number of amides is 1. The number of aromatic nitrogens is 1. The van der Waals surface area contributed by atoms with Crippen LogP contribution in [-0.2, 0) is 4.79 Å². The highest BCUT2D eigenvalue weighted by Gasteiger charge is 2.30. The molecule has 0 unspecified atom stereocenters. The van der Waals surface area contributed by atoms with E-state index in [-0.39, 0.29) is 11.9 Å². The molecule has 1 saturated carbocycles. The molecular formula is C14H18N2O3. The average molecular weight is 262 g/mol. The molecule has 0 aromatic carbocycles. The number of hydrogen-bond donors (Lipinski definition) is 2. The number of nitrogens with zero attached hydrogens (tertiary/aromatic N) is 1. The molecule has 2 atom stereocenters. The van der Waals surface area contributed by atoms with Gasteiger partial charge in [-0.2, -0.15) is 0 Å². The lowest BCUT2D eigenvalue weighted by molar-refractivity contribution is -0.142. The number of rotatable bonds is 3. The number of carbonyl (C=O) groups is 2. The summed E-state index contributed by atoms with van der Waals surface area (Å²) in [5.74, 6) is -1.55. The summed E-state index contributed by atoms with van der Waals surface area (Å²) in [6.45, 7) is 0. The number of carboxylic acid groups (broad SMARTS) is 1. The predicted octanol–water partition coefficient (Wildman–Crippen LogP) is 1.84. The second-order valence-corrected chi connectivity index (χ2v) is 4.90. The molecule has 5 nitrogen and oxygen atoms in total. The second-order valence-electron chi connectivity index (χ2n) is 4.90. The SMILES string of the molecule is O=C(N[C@H]1CCCCC[C@H]1C(=O)O)c1cccnc1. The number of nitrogens with one attached hydrogen (secondary N) is 1. The van der Waals surface area contributed by atoms with Gasteiger partial charge in [-0.1, -0.05) is 19.3 Å². The predicted molar refractivity (Wildman–Crippen MR) is 69.7 cm³/mol. The molecule has 0 aliphatic heterocycles. The maximum Gasteiger partial charge on any atom is 0.308 e. The summed E-state index contributed by atoms with van der Waals surface area (Å²) in [4.78, 5) is 27.2. The molecule has 1 aromatic heterocycles. The molecule has 0 spiro atoms. The van der Waals surface area contributed by atoms with E-state index in [1.807, 2.05) is 0 Å². The highest BCUT2D eigenvalue weighted by Crippen LogP contribution is 2.24. The molecule has 1 amide bonds. The number of hydrogen-bond acceptors (Lipinski definition) is 3. The Morgan fingerprint density at radius 3 is 2.74 bits per heavy atom. The number of carboxylic acids is 1. The number of carbonyl (C=O) groups excluding carboxylic acids is 1. The van der Waals surface area contributed by atoms with Crippen molar-refractivity contribution in [2.24, 2.45) is 5.92 Å². The number of aliphatic carboxylic acids is 1. The van der Waals surface area contributed by atoms with Gasteiger partial charge in [-0.25, -0.2) is 0 Å². The van der Waals surface area contributed by atoms with Crippen molar-refractivity contribution >= 4 is 11.9 Å². The van der Waals surface area contributed by atoms with E-state index in [0.29, 0.717) is 12.0 Å². The molecule has 1 aliphatic carbocycles. The fourth-order valence-corrected chi connectivity index (χ4v) is 2.52. The highest BCUT2D eigenvalue weighted by molar-refractivity contribution is 5.94. The van der Waals surface area contributed by atoms with Crippen LogP contribution in [0.4, 0.5) is 0 Å². The van der Waals surface area contributed by atoms with E-state index in [1.165, 1.54) is 6.20 Å². The van der Waals surface area contributed by atoms with E-state index in [1.54, 1.807) is 18.3 Å². The van der Waals surface area contributed by atoms with Crippen LogP contribution in [0.1, 0.15) is 42.5 Å². The topological polar surface area (TPSA) is 79.3 Å². The van der Waals surface area contributed by atoms with Gasteiger partial charge in [0.2, 0.25) is 0 Å². The first-order chi connectivity index (χ1) is 9.18. The smallest absolute Gasteiger partial charge is 0.308 e. The molecule has 1 fully saturated rings. The van der Waals surface area contributed by atoms with Crippen molar-refractivity contribution in [3.8, 4) is 0 Å². The quantitative estimate of drug-likeness (QED) is 0.815.